The highest BCUT2D eigenvalue weighted by atomic mass is 16.5. The van der Waals surface area contributed by atoms with Gasteiger partial charge in [0.1, 0.15) is 5.82 Å². The fourth-order valence-electron chi connectivity index (χ4n) is 2.41. The van der Waals surface area contributed by atoms with Gasteiger partial charge in [-0.1, -0.05) is 0 Å². The van der Waals surface area contributed by atoms with Crippen LogP contribution in [0.1, 0.15) is 17.7 Å². The summed E-state index contributed by atoms with van der Waals surface area (Å²) in [6, 6.07) is 0. The molecule has 2 heterocycles. The van der Waals surface area contributed by atoms with Crippen molar-refractivity contribution < 1.29 is 9.84 Å². The van der Waals surface area contributed by atoms with E-state index in [0.717, 1.165) is 44.8 Å². The molecular formula is C12H21N3O2. The van der Waals surface area contributed by atoms with E-state index in [4.69, 9.17) is 9.84 Å². The predicted molar refractivity (Wildman–Crippen MR) is 66.4 cm³/mol. The van der Waals surface area contributed by atoms with Crippen LogP contribution < -0.4 is 4.90 Å². The molecule has 1 aliphatic rings. The lowest BCUT2D eigenvalue weighted by Gasteiger charge is -2.29. The van der Waals surface area contributed by atoms with Gasteiger partial charge in [-0.15, -0.1) is 0 Å². The average Bonchev–Trinajstić information content (AvgIpc) is 2.62. The van der Waals surface area contributed by atoms with Crippen LogP contribution in [0.3, 0.4) is 0 Å². The van der Waals surface area contributed by atoms with E-state index in [2.05, 4.69) is 10.00 Å². The summed E-state index contributed by atoms with van der Waals surface area (Å²) >= 11 is 0. The molecule has 0 aromatic carbocycles. The van der Waals surface area contributed by atoms with E-state index in [9.17, 15) is 0 Å². The number of ether oxygens (including phenoxy) is 1. The number of nitrogens with zero attached hydrogens (tertiary/aromatic N) is 3. The van der Waals surface area contributed by atoms with Crippen LogP contribution in [0.25, 0.3) is 0 Å². The van der Waals surface area contributed by atoms with Gasteiger partial charge in [-0.2, -0.15) is 5.10 Å². The number of rotatable bonds is 4. The molecular weight excluding hydrogens is 218 g/mol. The summed E-state index contributed by atoms with van der Waals surface area (Å²) in [6.45, 7) is 5.68. The summed E-state index contributed by atoms with van der Waals surface area (Å²) in [4.78, 5) is 2.33. The Morgan fingerprint density at radius 2 is 2.06 bits per heavy atom. The lowest BCUT2D eigenvalue weighted by Crippen LogP contribution is -2.38. The van der Waals surface area contributed by atoms with Gasteiger partial charge in [0, 0.05) is 32.3 Å². The van der Waals surface area contributed by atoms with Gasteiger partial charge in [0.15, 0.2) is 0 Å². The van der Waals surface area contributed by atoms with Crippen molar-refractivity contribution >= 4 is 5.82 Å². The first-order valence-corrected chi connectivity index (χ1v) is 6.20. The number of aliphatic hydroxyl groups excluding tert-OH is 1. The third kappa shape index (κ3) is 2.61. The van der Waals surface area contributed by atoms with E-state index < -0.39 is 0 Å². The van der Waals surface area contributed by atoms with Crippen LogP contribution in [-0.2, 0) is 18.2 Å². The lowest BCUT2D eigenvalue weighted by molar-refractivity contribution is 0.122. The molecule has 1 aliphatic heterocycles. The second-order valence-electron chi connectivity index (χ2n) is 4.44. The summed E-state index contributed by atoms with van der Waals surface area (Å²) in [6.07, 6.45) is 1.69. The van der Waals surface area contributed by atoms with Crippen LogP contribution >= 0.6 is 0 Å². The number of hydrogen-bond donors (Lipinski definition) is 1. The number of aryl methyl sites for hydroxylation is 2. The van der Waals surface area contributed by atoms with Gasteiger partial charge in [0.25, 0.3) is 0 Å². The fraction of sp³-hybridized carbons (Fsp3) is 0.750. The molecule has 0 atom stereocenters. The number of anilines is 1. The van der Waals surface area contributed by atoms with Crippen molar-refractivity contribution in [1.82, 2.24) is 9.78 Å². The van der Waals surface area contributed by atoms with Crippen molar-refractivity contribution in [3.63, 3.8) is 0 Å². The molecule has 0 spiro atoms. The van der Waals surface area contributed by atoms with E-state index in [-0.39, 0.29) is 6.61 Å². The zero-order valence-corrected chi connectivity index (χ0v) is 10.6. The zero-order valence-electron chi connectivity index (χ0n) is 10.6. The maximum absolute atomic E-state index is 8.97. The van der Waals surface area contributed by atoms with E-state index in [1.165, 1.54) is 11.4 Å². The normalized spacial score (nSPS) is 16.5. The SMILES string of the molecule is Cc1nn(C)c(N2CCOCC2)c1CCCO. The molecule has 0 saturated carbocycles. The quantitative estimate of drug-likeness (QED) is 0.831. The van der Waals surface area contributed by atoms with E-state index in [1.807, 2.05) is 18.7 Å². The van der Waals surface area contributed by atoms with Gasteiger partial charge < -0.3 is 14.7 Å². The Kier molecular flexibility index (Phi) is 4.02. The molecule has 0 bridgehead atoms. The number of hydrogen-bond acceptors (Lipinski definition) is 4. The summed E-state index contributed by atoms with van der Waals surface area (Å²) in [7, 11) is 1.99. The molecule has 1 aromatic rings. The topological polar surface area (TPSA) is 50.5 Å². The second-order valence-corrected chi connectivity index (χ2v) is 4.44. The summed E-state index contributed by atoms with van der Waals surface area (Å²) in [5.74, 6) is 1.19. The number of morpholine rings is 1. The van der Waals surface area contributed by atoms with Crippen molar-refractivity contribution in [2.45, 2.75) is 19.8 Å². The van der Waals surface area contributed by atoms with Crippen molar-refractivity contribution in [3.8, 4) is 0 Å². The smallest absolute Gasteiger partial charge is 0.130 e. The highest BCUT2D eigenvalue weighted by Gasteiger charge is 2.20. The first kappa shape index (κ1) is 12.4. The fourth-order valence-corrected chi connectivity index (χ4v) is 2.41. The van der Waals surface area contributed by atoms with Crippen molar-refractivity contribution in [2.24, 2.45) is 7.05 Å². The molecule has 0 aliphatic carbocycles. The molecule has 96 valence electrons. The Morgan fingerprint density at radius 3 is 2.71 bits per heavy atom. The first-order chi connectivity index (χ1) is 8.24. The van der Waals surface area contributed by atoms with E-state index in [1.54, 1.807) is 0 Å². The molecule has 5 heteroatoms. The highest BCUT2D eigenvalue weighted by molar-refractivity contribution is 5.50. The van der Waals surface area contributed by atoms with Crippen LogP contribution in [-0.4, -0.2) is 47.8 Å². The minimum atomic E-state index is 0.233. The Bertz CT molecular complexity index is 370. The minimum absolute atomic E-state index is 0.233. The second kappa shape index (κ2) is 5.51. The summed E-state index contributed by atoms with van der Waals surface area (Å²) in [5.41, 5.74) is 2.34. The molecule has 0 unspecified atom stereocenters. The average molecular weight is 239 g/mol. The molecule has 17 heavy (non-hydrogen) atoms. The molecule has 2 rings (SSSR count). The van der Waals surface area contributed by atoms with Gasteiger partial charge in [-0.3, -0.25) is 4.68 Å². The molecule has 1 saturated heterocycles. The molecule has 5 nitrogen and oxygen atoms in total. The van der Waals surface area contributed by atoms with E-state index >= 15 is 0 Å². The molecule has 1 N–H and O–H groups in total. The van der Waals surface area contributed by atoms with Crippen LogP contribution in [0.4, 0.5) is 5.82 Å². The zero-order chi connectivity index (χ0) is 12.3. The van der Waals surface area contributed by atoms with Gasteiger partial charge in [0.05, 0.1) is 18.9 Å². The lowest BCUT2D eigenvalue weighted by atomic mass is 10.1. The van der Waals surface area contributed by atoms with Crippen molar-refractivity contribution in [2.75, 3.05) is 37.8 Å². The summed E-state index contributed by atoms with van der Waals surface area (Å²) < 4.78 is 7.33. The number of aliphatic hydroxyl groups is 1. The third-order valence-electron chi connectivity index (χ3n) is 3.21. The third-order valence-corrected chi connectivity index (χ3v) is 3.21. The minimum Gasteiger partial charge on any atom is -0.396 e. The van der Waals surface area contributed by atoms with Gasteiger partial charge >= 0.3 is 0 Å². The standard InChI is InChI=1S/C12H21N3O2/c1-10-11(4-3-7-16)12(14(2)13-10)15-5-8-17-9-6-15/h16H,3-9H2,1-2H3. The van der Waals surface area contributed by atoms with E-state index in [0.29, 0.717) is 0 Å². The highest BCUT2D eigenvalue weighted by Crippen LogP contribution is 2.25. The number of aromatic nitrogens is 2. The largest absolute Gasteiger partial charge is 0.396 e. The Morgan fingerprint density at radius 1 is 1.35 bits per heavy atom. The Balaban J connectivity index is 2.23. The van der Waals surface area contributed by atoms with Crippen LogP contribution in [0.5, 0.6) is 0 Å². The molecule has 1 fully saturated rings. The Labute approximate surface area is 102 Å². The maximum atomic E-state index is 8.97. The monoisotopic (exact) mass is 239 g/mol. The van der Waals surface area contributed by atoms with Gasteiger partial charge in [0.2, 0.25) is 0 Å². The van der Waals surface area contributed by atoms with Gasteiger partial charge in [-0.05, 0) is 19.8 Å². The first-order valence-electron chi connectivity index (χ1n) is 6.20. The van der Waals surface area contributed by atoms with Crippen LogP contribution in [0, 0.1) is 6.92 Å². The predicted octanol–water partition coefficient (Wildman–Crippen LogP) is 0.490. The van der Waals surface area contributed by atoms with Crippen molar-refractivity contribution in [1.29, 1.82) is 0 Å². The van der Waals surface area contributed by atoms with Gasteiger partial charge in [-0.25, -0.2) is 0 Å². The van der Waals surface area contributed by atoms with Crippen LogP contribution in [0.15, 0.2) is 0 Å². The molecule has 0 radical (unpaired) electrons. The molecule has 0 amide bonds. The van der Waals surface area contributed by atoms with Crippen LogP contribution in [0.2, 0.25) is 0 Å². The maximum Gasteiger partial charge on any atom is 0.130 e. The Hall–Kier alpha value is -1.07. The van der Waals surface area contributed by atoms with Crippen molar-refractivity contribution in [3.05, 3.63) is 11.3 Å². The molecule has 1 aromatic heterocycles. The summed E-state index contributed by atoms with van der Waals surface area (Å²) in [5, 5.41) is 13.5.